The maximum Gasteiger partial charge on any atom is 0.137 e. The monoisotopic (exact) mass is 387 g/mol. The fourth-order valence-corrected chi connectivity index (χ4v) is 3.39. The van der Waals surface area contributed by atoms with Crippen LogP contribution >= 0.6 is 0 Å². The van der Waals surface area contributed by atoms with Crippen molar-refractivity contribution in [2.45, 2.75) is 13.3 Å². The summed E-state index contributed by atoms with van der Waals surface area (Å²) < 4.78 is 5.41. The lowest BCUT2D eigenvalue weighted by Crippen LogP contribution is -2.36. The van der Waals surface area contributed by atoms with Crippen LogP contribution in [0.25, 0.3) is 11.1 Å². The summed E-state index contributed by atoms with van der Waals surface area (Å²) in [6.07, 6.45) is 0.934. The Hall–Kier alpha value is -2.88. The minimum Gasteiger partial charge on any atom is -0.633 e. The summed E-state index contributed by atoms with van der Waals surface area (Å²) in [5.41, 5.74) is 6.15. The molecule has 3 aromatic rings. The number of rotatable bonds is 8. The van der Waals surface area contributed by atoms with Crippen molar-refractivity contribution < 1.29 is 9.38 Å². The first kappa shape index (κ1) is 20.8. The lowest BCUT2D eigenvalue weighted by atomic mass is 9.88. The van der Waals surface area contributed by atoms with Crippen LogP contribution in [-0.2, 0) is 0 Å². The summed E-state index contributed by atoms with van der Waals surface area (Å²) in [5, 5.41) is 11.7. The van der Waals surface area contributed by atoms with Crippen molar-refractivity contribution in [2.75, 3.05) is 27.2 Å². The zero-order valence-electron chi connectivity index (χ0n) is 17.5. The van der Waals surface area contributed by atoms with Gasteiger partial charge in [-0.25, -0.2) is 0 Å². The van der Waals surface area contributed by atoms with E-state index in [4.69, 9.17) is 4.74 Å². The van der Waals surface area contributed by atoms with Crippen LogP contribution in [-0.4, -0.2) is 31.9 Å². The maximum atomic E-state index is 11.7. The Balaban J connectivity index is 1.96. The summed E-state index contributed by atoms with van der Waals surface area (Å²) in [7, 11) is 3.25. The lowest BCUT2D eigenvalue weighted by molar-refractivity contribution is -0.840. The summed E-state index contributed by atoms with van der Waals surface area (Å²) >= 11 is 0. The molecule has 150 valence electrons. The minimum atomic E-state index is -0.351. The molecule has 0 spiro atoms. The molecule has 3 aromatic carbocycles. The van der Waals surface area contributed by atoms with Gasteiger partial charge in [0.25, 0.3) is 0 Å². The van der Waals surface area contributed by atoms with Crippen LogP contribution in [0.2, 0.25) is 0 Å². The van der Waals surface area contributed by atoms with E-state index in [0.29, 0.717) is 13.2 Å². The fourth-order valence-electron chi connectivity index (χ4n) is 3.39. The van der Waals surface area contributed by atoms with Crippen molar-refractivity contribution in [1.82, 2.24) is 0 Å². The molecule has 3 rings (SSSR count). The molecule has 0 N–H and O–H groups in total. The van der Waals surface area contributed by atoms with Crippen LogP contribution in [0, 0.1) is 5.21 Å². The van der Waals surface area contributed by atoms with Gasteiger partial charge in [0, 0.05) is 0 Å². The van der Waals surface area contributed by atoms with E-state index in [1.807, 2.05) is 24.3 Å². The molecule has 29 heavy (non-hydrogen) atoms. The van der Waals surface area contributed by atoms with Crippen molar-refractivity contribution in [1.29, 1.82) is 0 Å². The third-order valence-corrected chi connectivity index (χ3v) is 4.88. The summed E-state index contributed by atoms with van der Waals surface area (Å²) in [4.78, 5) is 0. The third-order valence-electron chi connectivity index (χ3n) is 4.88. The maximum absolute atomic E-state index is 11.7. The largest absolute Gasteiger partial charge is 0.633 e. The van der Waals surface area contributed by atoms with Crippen molar-refractivity contribution in [3.8, 4) is 5.75 Å². The first-order valence-electron chi connectivity index (χ1n) is 10.1. The smallest absolute Gasteiger partial charge is 0.137 e. The first-order valence-corrected chi connectivity index (χ1v) is 10.1. The van der Waals surface area contributed by atoms with Gasteiger partial charge in [0.1, 0.15) is 18.9 Å². The third kappa shape index (κ3) is 5.80. The number of quaternary nitrogens is 1. The van der Waals surface area contributed by atoms with Crippen molar-refractivity contribution in [3.63, 3.8) is 0 Å². The number of benzene rings is 3. The molecule has 0 fully saturated rings. The van der Waals surface area contributed by atoms with Gasteiger partial charge in [0.2, 0.25) is 0 Å². The second-order valence-electron chi connectivity index (χ2n) is 7.61. The van der Waals surface area contributed by atoms with Crippen LogP contribution in [0.4, 0.5) is 0 Å². The quantitative estimate of drug-likeness (QED) is 0.269. The average Bonchev–Trinajstić information content (AvgIpc) is 2.73. The molecule has 0 aliphatic carbocycles. The Kier molecular flexibility index (Phi) is 6.86. The molecule has 0 atom stereocenters. The molecule has 0 amide bonds. The van der Waals surface area contributed by atoms with Crippen LogP contribution in [0.3, 0.4) is 0 Å². The molecule has 0 aromatic heterocycles. The standard InChI is InChI=1S/C26H29NO2/c1-4-25(21-11-7-5-8-12-21)26(22-13-9-6-10-14-22)23-15-17-24(18-16-23)29-20-19-27(2,3)28/h5-18H,4,19-20H2,1-3H3. The fraction of sp³-hybridized carbons (Fsp3) is 0.231. The first-order chi connectivity index (χ1) is 14.0. The molecular weight excluding hydrogens is 358 g/mol. The Bertz CT molecular complexity index is 924. The van der Waals surface area contributed by atoms with Gasteiger partial charge in [-0.1, -0.05) is 79.7 Å². The lowest BCUT2D eigenvalue weighted by Gasteiger charge is -2.33. The molecule has 3 nitrogen and oxygen atoms in total. The Morgan fingerprint density at radius 3 is 1.79 bits per heavy atom. The van der Waals surface area contributed by atoms with Crippen LogP contribution < -0.4 is 4.74 Å². The van der Waals surface area contributed by atoms with Crippen molar-refractivity contribution in [3.05, 3.63) is 107 Å². The SMILES string of the molecule is CCC(=C(c1ccccc1)c1ccc(OCC[N+](C)(C)[O-])cc1)c1ccccc1. The number of hydrogen-bond donors (Lipinski definition) is 0. The summed E-state index contributed by atoms with van der Waals surface area (Å²) in [6.45, 7) is 3.03. The molecule has 0 saturated heterocycles. The van der Waals surface area contributed by atoms with E-state index in [0.717, 1.165) is 17.7 Å². The topological polar surface area (TPSA) is 32.3 Å². The number of ether oxygens (including phenoxy) is 1. The highest BCUT2D eigenvalue weighted by Crippen LogP contribution is 2.34. The number of allylic oxidation sites excluding steroid dienone is 1. The zero-order chi connectivity index (χ0) is 20.7. The zero-order valence-corrected chi connectivity index (χ0v) is 17.5. The van der Waals surface area contributed by atoms with Gasteiger partial charge in [-0.15, -0.1) is 0 Å². The van der Waals surface area contributed by atoms with Gasteiger partial charge >= 0.3 is 0 Å². The molecule has 3 heteroatoms. The summed E-state index contributed by atoms with van der Waals surface area (Å²) in [5.74, 6) is 0.785. The van der Waals surface area contributed by atoms with Crippen molar-refractivity contribution >= 4 is 11.1 Å². The predicted molar refractivity (Wildman–Crippen MR) is 121 cm³/mol. The number of likely N-dealkylation sites (N-methyl/N-ethyl adjacent to an activating group) is 1. The molecule has 0 bridgehead atoms. The minimum absolute atomic E-state index is 0.351. The van der Waals surface area contributed by atoms with E-state index < -0.39 is 0 Å². The molecule has 0 heterocycles. The van der Waals surface area contributed by atoms with E-state index in [1.165, 1.54) is 22.3 Å². The van der Waals surface area contributed by atoms with Gasteiger partial charge in [-0.05, 0) is 46.4 Å². The molecule has 0 unspecified atom stereocenters. The van der Waals surface area contributed by atoms with E-state index in [1.54, 1.807) is 14.1 Å². The predicted octanol–water partition coefficient (Wildman–Crippen LogP) is 6.01. The molecule has 0 aliphatic heterocycles. The average molecular weight is 388 g/mol. The normalized spacial score (nSPS) is 12.4. The van der Waals surface area contributed by atoms with Crippen LogP contribution in [0.15, 0.2) is 84.9 Å². The van der Waals surface area contributed by atoms with E-state index in [2.05, 4.69) is 67.6 Å². The second kappa shape index (κ2) is 9.55. The van der Waals surface area contributed by atoms with Crippen LogP contribution in [0.1, 0.15) is 30.0 Å². The van der Waals surface area contributed by atoms with Gasteiger partial charge in [0.15, 0.2) is 0 Å². The second-order valence-corrected chi connectivity index (χ2v) is 7.61. The van der Waals surface area contributed by atoms with Crippen molar-refractivity contribution in [2.24, 2.45) is 0 Å². The molecule has 0 aliphatic rings. The van der Waals surface area contributed by atoms with Gasteiger partial charge < -0.3 is 14.6 Å². The number of hydrogen-bond acceptors (Lipinski definition) is 2. The van der Waals surface area contributed by atoms with Gasteiger partial charge in [-0.2, -0.15) is 0 Å². The van der Waals surface area contributed by atoms with Gasteiger partial charge in [-0.3, -0.25) is 0 Å². The van der Waals surface area contributed by atoms with Gasteiger partial charge in [0.05, 0.1) is 14.1 Å². The number of nitrogens with zero attached hydrogens (tertiary/aromatic N) is 1. The molecule has 0 saturated carbocycles. The highest BCUT2D eigenvalue weighted by molar-refractivity contribution is 5.98. The Morgan fingerprint density at radius 1 is 0.759 bits per heavy atom. The summed E-state index contributed by atoms with van der Waals surface area (Å²) in [6, 6.07) is 29.3. The highest BCUT2D eigenvalue weighted by Gasteiger charge is 2.13. The van der Waals surface area contributed by atoms with Crippen LogP contribution in [0.5, 0.6) is 5.75 Å². The van der Waals surface area contributed by atoms with E-state index >= 15 is 0 Å². The van der Waals surface area contributed by atoms with E-state index in [9.17, 15) is 5.21 Å². The van der Waals surface area contributed by atoms with E-state index in [-0.39, 0.29) is 4.65 Å². The molecule has 0 radical (unpaired) electrons. The Labute approximate surface area is 174 Å². The molecular formula is C26H29NO2. The Morgan fingerprint density at radius 2 is 1.28 bits per heavy atom. The highest BCUT2D eigenvalue weighted by atomic mass is 16.5. The number of hydroxylamine groups is 3.